The monoisotopic (exact) mass is 718 g/mol. The number of hydrogen-bond acceptors (Lipinski definition) is 9. The zero-order valence-corrected chi connectivity index (χ0v) is 29.3. The third-order valence-corrected chi connectivity index (χ3v) is 10.8. The molecule has 0 unspecified atom stereocenters. The van der Waals surface area contributed by atoms with Crippen LogP contribution in [0.4, 0.5) is 19.0 Å². The first-order valence-corrected chi connectivity index (χ1v) is 17.7. The lowest BCUT2D eigenvalue weighted by Crippen LogP contribution is -2.58. The summed E-state index contributed by atoms with van der Waals surface area (Å²) < 4.78 is 53.1. The molecule has 0 aliphatic carbocycles. The molecule has 53 heavy (non-hydrogen) atoms. The van der Waals surface area contributed by atoms with Crippen LogP contribution >= 0.6 is 0 Å². The van der Waals surface area contributed by atoms with E-state index in [0.717, 1.165) is 30.8 Å². The summed E-state index contributed by atoms with van der Waals surface area (Å²) in [5.41, 5.74) is 0.705. The number of carbonyl (C=O) groups is 1. The van der Waals surface area contributed by atoms with Crippen LogP contribution in [-0.2, 0) is 4.79 Å². The van der Waals surface area contributed by atoms with E-state index in [-0.39, 0.29) is 48.8 Å². The molecule has 10 nitrogen and oxygen atoms in total. The van der Waals surface area contributed by atoms with Crippen molar-refractivity contribution in [2.75, 3.05) is 37.7 Å². The maximum absolute atomic E-state index is 17.0. The summed E-state index contributed by atoms with van der Waals surface area (Å²) in [5.74, 6) is 0.723. The number of rotatable bonds is 7. The first-order chi connectivity index (χ1) is 25.7. The van der Waals surface area contributed by atoms with Gasteiger partial charge in [-0.2, -0.15) is 9.97 Å². The van der Waals surface area contributed by atoms with Crippen LogP contribution in [0.1, 0.15) is 44.5 Å². The van der Waals surface area contributed by atoms with Gasteiger partial charge >= 0.3 is 6.01 Å². The van der Waals surface area contributed by atoms with Gasteiger partial charge in [-0.25, -0.2) is 23.1 Å². The van der Waals surface area contributed by atoms with E-state index in [1.807, 2.05) is 43.0 Å². The van der Waals surface area contributed by atoms with Crippen molar-refractivity contribution in [3.63, 3.8) is 0 Å². The Labute approximate surface area is 304 Å². The standard InChI is InChI=1S/C40H37F3N8O2/c1-4-26-9-5-10-27-11-6-12-29(33(26)27)35-34(43)36-30(19-46-35)37(48-39(47-36)53-23-40-13-7-16-49(40)22-28(41)18-40)50-20-25(3)51(21-24(50)2)38(52)31(42)17-32-44-14-8-15-45-32/h1,5-6,8-12,14-15,17,19,24-25,28H,7,13,16,18,20-23H2,2-3H3/b31-17-/t24-,25+,28-,40+/m1/s1. The van der Waals surface area contributed by atoms with Crippen molar-refractivity contribution in [2.45, 2.75) is 56.9 Å². The minimum absolute atomic E-state index is 0.00374. The van der Waals surface area contributed by atoms with E-state index in [2.05, 4.69) is 30.8 Å². The minimum atomic E-state index is -0.977. The van der Waals surface area contributed by atoms with Crippen LogP contribution in [-0.4, -0.2) is 97.2 Å². The molecule has 2 aromatic carbocycles. The predicted molar refractivity (Wildman–Crippen MR) is 196 cm³/mol. The third-order valence-electron chi connectivity index (χ3n) is 10.8. The Hall–Kier alpha value is -5.61. The fraction of sp³-hybridized carbons (Fsp3) is 0.350. The van der Waals surface area contributed by atoms with Crippen molar-refractivity contribution in [1.82, 2.24) is 34.7 Å². The molecular formula is C40H37F3N8O2. The maximum Gasteiger partial charge on any atom is 0.319 e. The summed E-state index contributed by atoms with van der Waals surface area (Å²) in [7, 11) is 0. The van der Waals surface area contributed by atoms with Gasteiger partial charge in [0.2, 0.25) is 0 Å². The van der Waals surface area contributed by atoms with E-state index in [0.29, 0.717) is 40.7 Å². The third kappa shape index (κ3) is 6.20. The second kappa shape index (κ2) is 13.7. The largest absolute Gasteiger partial charge is 0.461 e. The number of benzene rings is 2. The minimum Gasteiger partial charge on any atom is -0.461 e. The maximum atomic E-state index is 17.0. The summed E-state index contributed by atoms with van der Waals surface area (Å²) in [6.45, 7) is 5.37. The molecule has 270 valence electrons. The fourth-order valence-electron chi connectivity index (χ4n) is 8.20. The number of ether oxygens (including phenoxy) is 1. The van der Waals surface area contributed by atoms with Gasteiger partial charge in [-0.3, -0.25) is 14.7 Å². The highest BCUT2D eigenvalue weighted by molar-refractivity contribution is 6.02. The van der Waals surface area contributed by atoms with Crippen LogP contribution in [0, 0.1) is 18.2 Å². The lowest BCUT2D eigenvalue weighted by atomic mass is 9.95. The number of nitrogens with zero attached hydrogens (tertiary/aromatic N) is 8. The number of terminal acetylenes is 1. The number of carbonyl (C=O) groups excluding carboxylic acids is 1. The molecule has 4 atom stereocenters. The van der Waals surface area contributed by atoms with Crippen molar-refractivity contribution in [2.24, 2.45) is 0 Å². The molecule has 0 spiro atoms. The Balaban J connectivity index is 1.19. The molecule has 3 fully saturated rings. The molecule has 3 aliphatic heterocycles. The van der Waals surface area contributed by atoms with E-state index >= 15 is 8.78 Å². The van der Waals surface area contributed by atoms with Crippen LogP contribution in [0.15, 0.2) is 66.9 Å². The predicted octanol–water partition coefficient (Wildman–Crippen LogP) is 6.15. The summed E-state index contributed by atoms with van der Waals surface area (Å²) in [6, 6.07) is 11.8. The van der Waals surface area contributed by atoms with Crippen LogP contribution in [0.2, 0.25) is 0 Å². The summed E-state index contributed by atoms with van der Waals surface area (Å²) in [5, 5.41) is 1.87. The van der Waals surface area contributed by atoms with Crippen molar-refractivity contribution in [3.8, 4) is 29.6 Å². The highest BCUT2D eigenvalue weighted by atomic mass is 19.1. The molecule has 6 heterocycles. The number of aromatic nitrogens is 5. The van der Waals surface area contributed by atoms with E-state index in [1.165, 1.54) is 17.3 Å². The lowest BCUT2D eigenvalue weighted by molar-refractivity contribution is -0.131. The number of hydrogen-bond donors (Lipinski definition) is 0. The lowest BCUT2D eigenvalue weighted by Gasteiger charge is -2.44. The molecule has 0 saturated carbocycles. The second-order valence-electron chi connectivity index (χ2n) is 14.1. The number of alkyl halides is 1. The second-order valence-corrected chi connectivity index (χ2v) is 14.1. The van der Waals surface area contributed by atoms with Crippen molar-refractivity contribution in [3.05, 3.63) is 84.1 Å². The molecule has 0 radical (unpaired) electrons. The molecule has 8 rings (SSSR count). The molecule has 13 heteroatoms. The zero-order valence-electron chi connectivity index (χ0n) is 29.3. The Bertz CT molecular complexity index is 2290. The average molecular weight is 719 g/mol. The number of halogens is 3. The molecule has 0 bridgehead atoms. The molecule has 3 aromatic heterocycles. The number of piperazine rings is 1. The highest BCUT2D eigenvalue weighted by Gasteiger charge is 2.49. The van der Waals surface area contributed by atoms with Gasteiger partial charge in [-0.1, -0.05) is 36.3 Å². The number of pyridine rings is 1. The van der Waals surface area contributed by atoms with E-state index in [1.54, 1.807) is 24.4 Å². The Morgan fingerprint density at radius 3 is 2.64 bits per heavy atom. The Kier molecular flexibility index (Phi) is 8.94. The van der Waals surface area contributed by atoms with Gasteiger partial charge in [-0.15, -0.1) is 6.42 Å². The number of amides is 1. The molecule has 0 N–H and O–H groups in total. The molecule has 1 amide bonds. The van der Waals surface area contributed by atoms with Crippen LogP contribution in [0.25, 0.3) is 39.0 Å². The van der Waals surface area contributed by atoms with Gasteiger partial charge in [0.25, 0.3) is 5.91 Å². The van der Waals surface area contributed by atoms with Gasteiger partial charge in [0.1, 0.15) is 29.8 Å². The van der Waals surface area contributed by atoms with Crippen molar-refractivity contribution in [1.29, 1.82) is 0 Å². The molecular weight excluding hydrogens is 681 g/mol. The number of anilines is 1. The summed E-state index contributed by atoms with van der Waals surface area (Å²) in [6.07, 6.45) is 12.5. The Morgan fingerprint density at radius 1 is 1.06 bits per heavy atom. The van der Waals surface area contributed by atoms with Crippen LogP contribution in [0.3, 0.4) is 0 Å². The van der Waals surface area contributed by atoms with E-state index in [4.69, 9.17) is 16.1 Å². The smallest absolute Gasteiger partial charge is 0.319 e. The van der Waals surface area contributed by atoms with Crippen molar-refractivity contribution >= 4 is 39.5 Å². The number of fused-ring (bicyclic) bond motifs is 3. The average Bonchev–Trinajstić information content (AvgIpc) is 3.70. The first kappa shape index (κ1) is 34.5. The van der Waals surface area contributed by atoms with Gasteiger partial charge in [0.15, 0.2) is 17.5 Å². The van der Waals surface area contributed by atoms with Gasteiger partial charge in [-0.05, 0) is 50.8 Å². The summed E-state index contributed by atoms with van der Waals surface area (Å²) >= 11 is 0. The SMILES string of the molecule is C#Cc1cccc2cccc(-c3ncc4c(N5C[C@H](C)N(C(=O)/C(F)=C/c6ncccn6)C[C@H]5C)nc(OC[C@@]56CCCN5C[C@H](F)C6)nc4c3F)c12. The Morgan fingerprint density at radius 2 is 1.85 bits per heavy atom. The van der Waals surface area contributed by atoms with Gasteiger partial charge < -0.3 is 14.5 Å². The van der Waals surface area contributed by atoms with Crippen LogP contribution < -0.4 is 9.64 Å². The van der Waals surface area contributed by atoms with E-state index in [9.17, 15) is 9.18 Å². The van der Waals surface area contributed by atoms with Gasteiger partial charge in [0, 0.05) is 79.3 Å². The normalized spacial score (nSPS) is 23.4. The molecule has 5 aromatic rings. The molecule has 3 saturated heterocycles. The van der Waals surface area contributed by atoms with Gasteiger partial charge in [0.05, 0.1) is 10.9 Å². The molecule has 3 aliphatic rings. The van der Waals surface area contributed by atoms with Crippen molar-refractivity contribution < 1.29 is 22.7 Å². The zero-order chi connectivity index (χ0) is 36.9. The fourth-order valence-corrected chi connectivity index (χ4v) is 8.20. The quantitative estimate of drug-likeness (QED) is 0.145. The van der Waals surface area contributed by atoms with Crippen LogP contribution in [0.5, 0.6) is 6.01 Å². The summed E-state index contributed by atoms with van der Waals surface area (Å²) in [4.78, 5) is 40.9. The first-order valence-electron chi connectivity index (χ1n) is 17.7. The topological polar surface area (TPSA) is 100 Å². The van der Waals surface area contributed by atoms with E-state index < -0.39 is 35.3 Å². The highest BCUT2D eigenvalue weighted by Crippen LogP contribution is 2.41.